The van der Waals surface area contributed by atoms with Crippen molar-refractivity contribution in [1.29, 1.82) is 0 Å². The molecule has 0 aliphatic rings. The lowest BCUT2D eigenvalue weighted by molar-refractivity contribution is -0.114. The average molecular weight is 378 g/mol. The fraction of sp³-hybridized carbons (Fsp3) is 0.278. The molecular weight excluding hydrogens is 356 g/mol. The summed E-state index contributed by atoms with van der Waals surface area (Å²) in [7, 11) is -3.77. The molecule has 0 aliphatic heterocycles. The van der Waals surface area contributed by atoms with Gasteiger partial charge in [-0.05, 0) is 50.2 Å². The molecule has 0 unspecified atom stereocenters. The molecule has 0 aliphatic carbocycles. The van der Waals surface area contributed by atoms with E-state index in [2.05, 4.69) is 10.0 Å². The van der Waals surface area contributed by atoms with Crippen LogP contribution >= 0.6 is 0 Å². The van der Waals surface area contributed by atoms with E-state index in [1.165, 1.54) is 31.2 Å². The molecule has 0 aromatic heterocycles. The highest BCUT2D eigenvalue weighted by Gasteiger charge is 2.16. The molecule has 0 heterocycles. The molecule has 8 heteroatoms. The first-order chi connectivity index (χ1) is 12.4. The van der Waals surface area contributed by atoms with Crippen LogP contribution in [0.15, 0.2) is 47.4 Å². The minimum absolute atomic E-state index is 0.0819. The number of amides is 1. The largest absolute Gasteiger partial charge is 0.490 e. The van der Waals surface area contributed by atoms with Crippen LogP contribution in [0.5, 0.6) is 11.5 Å². The zero-order valence-corrected chi connectivity index (χ0v) is 15.7. The number of anilines is 2. The predicted molar refractivity (Wildman–Crippen MR) is 100 cm³/mol. The van der Waals surface area contributed by atoms with Gasteiger partial charge in [-0.1, -0.05) is 0 Å². The number of benzene rings is 2. The fourth-order valence-electron chi connectivity index (χ4n) is 2.25. The third-order valence-electron chi connectivity index (χ3n) is 3.28. The first kappa shape index (κ1) is 19.6. The molecule has 0 radical (unpaired) electrons. The molecule has 0 atom stereocenters. The third-order valence-corrected chi connectivity index (χ3v) is 4.68. The molecule has 0 spiro atoms. The van der Waals surface area contributed by atoms with Crippen LogP contribution < -0.4 is 19.5 Å². The van der Waals surface area contributed by atoms with Crippen molar-refractivity contribution in [2.45, 2.75) is 25.7 Å². The van der Waals surface area contributed by atoms with Crippen molar-refractivity contribution in [2.75, 3.05) is 23.3 Å². The Morgan fingerprint density at radius 2 is 1.50 bits per heavy atom. The van der Waals surface area contributed by atoms with E-state index in [-0.39, 0.29) is 10.8 Å². The highest BCUT2D eigenvalue weighted by Crippen LogP contribution is 2.31. The van der Waals surface area contributed by atoms with E-state index in [1.807, 2.05) is 13.8 Å². The van der Waals surface area contributed by atoms with E-state index in [1.54, 1.807) is 18.2 Å². The van der Waals surface area contributed by atoms with E-state index in [9.17, 15) is 13.2 Å². The van der Waals surface area contributed by atoms with Gasteiger partial charge in [-0.2, -0.15) is 0 Å². The summed E-state index contributed by atoms with van der Waals surface area (Å²) in [6, 6.07) is 10.7. The van der Waals surface area contributed by atoms with Gasteiger partial charge < -0.3 is 14.8 Å². The summed E-state index contributed by atoms with van der Waals surface area (Å²) in [5.41, 5.74) is 0.888. The Morgan fingerprint density at radius 1 is 0.923 bits per heavy atom. The standard InChI is InChI=1S/C18H22N2O5S/c1-4-24-17-11-8-15(12-18(17)25-5-2)20-26(22,23)16-9-6-14(7-10-16)19-13(3)21/h6-12,20H,4-5H2,1-3H3,(H,19,21). The number of nitrogens with one attached hydrogen (secondary N) is 2. The molecule has 2 rings (SSSR count). The van der Waals surface area contributed by atoms with Crippen LogP contribution in [0.4, 0.5) is 11.4 Å². The highest BCUT2D eigenvalue weighted by atomic mass is 32.2. The van der Waals surface area contributed by atoms with E-state index in [4.69, 9.17) is 9.47 Å². The molecule has 2 N–H and O–H groups in total. The Morgan fingerprint density at radius 3 is 2.08 bits per heavy atom. The first-order valence-corrected chi connectivity index (χ1v) is 9.64. The van der Waals surface area contributed by atoms with E-state index < -0.39 is 10.0 Å². The Bertz CT molecular complexity index is 864. The molecule has 2 aromatic rings. The molecular formula is C18H22N2O5S. The molecule has 0 saturated heterocycles. The maximum absolute atomic E-state index is 12.5. The number of rotatable bonds is 8. The average Bonchev–Trinajstić information content (AvgIpc) is 2.57. The van der Waals surface area contributed by atoms with Gasteiger partial charge in [-0.15, -0.1) is 0 Å². The van der Waals surface area contributed by atoms with Crippen LogP contribution in [0.25, 0.3) is 0 Å². The zero-order chi connectivity index (χ0) is 19.2. The van der Waals surface area contributed by atoms with Gasteiger partial charge in [0, 0.05) is 18.7 Å². The summed E-state index contributed by atoms with van der Waals surface area (Å²) < 4.78 is 38.6. The molecule has 1 amide bonds. The minimum Gasteiger partial charge on any atom is -0.490 e. The van der Waals surface area contributed by atoms with Gasteiger partial charge in [0.15, 0.2) is 11.5 Å². The van der Waals surface area contributed by atoms with Crippen molar-refractivity contribution >= 4 is 27.3 Å². The fourth-order valence-corrected chi connectivity index (χ4v) is 3.30. The van der Waals surface area contributed by atoms with Crippen molar-refractivity contribution in [3.05, 3.63) is 42.5 Å². The summed E-state index contributed by atoms with van der Waals surface area (Å²) in [5, 5.41) is 2.59. The summed E-state index contributed by atoms with van der Waals surface area (Å²) in [5.74, 6) is 0.795. The molecule has 26 heavy (non-hydrogen) atoms. The van der Waals surface area contributed by atoms with Crippen molar-refractivity contribution in [2.24, 2.45) is 0 Å². The third kappa shape index (κ3) is 5.13. The van der Waals surface area contributed by atoms with Crippen LogP contribution in [-0.2, 0) is 14.8 Å². The van der Waals surface area contributed by atoms with Gasteiger partial charge in [0.1, 0.15) is 0 Å². The van der Waals surface area contributed by atoms with Crippen LogP contribution in [0, 0.1) is 0 Å². The lowest BCUT2D eigenvalue weighted by Gasteiger charge is -2.14. The SMILES string of the molecule is CCOc1ccc(NS(=O)(=O)c2ccc(NC(C)=O)cc2)cc1OCC. The number of ether oxygens (including phenoxy) is 2. The molecule has 7 nitrogen and oxygen atoms in total. The Labute approximate surface area is 153 Å². The van der Waals surface area contributed by atoms with E-state index >= 15 is 0 Å². The molecule has 2 aromatic carbocycles. The van der Waals surface area contributed by atoms with E-state index in [0.29, 0.717) is 36.1 Å². The van der Waals surface area contributed by atoms with Crippen LogP contribution in [-0.4, -0.2) is 27.5 Å². The number of carbonyl (C=O) groups excluding carboxylic acids is 1. The van der Waals surface area contributed by atoms with Crippen LogP contribution in [0.3, 0.4) is 0 Å². The minimum atomic E-state index is -3.77. The summed E-state index contributed by atoms with van der Waals surface area (Å²) in [4.78, 5) is 11.1. The van der Waals surface area contributed by atoms with Crippen molar-refractivity contribution < 1.29 is 22.7 Å². The first-order valence-electron chi connectivity index (χ1n) is 8.15. The highest BCUT2D eigenvalue weighted by molar-refractivity contribution is 7.92. The number of sulfonamides is 1. The molecule has 0 saturated carbocycles. The van der Waals surface area contributed by atoms with Gasteiger partial charge in [0.2, 0.25) is 5.91 Å². The topological polar surface area (TPSA) is 93.7 Å². The summed E-state index contributed by atoms with van der Waals surface area (Å²) in [6.07, 6.45) is 0. The van der Waals surface area contributed by atoms with Gasteiger partial charge in [-0.3, -0.25) is 9.52 Å². The smallest absolute Gasteiger partial charge is 0.261 e. The predicted octanol–water partition coefficient (Wildman–Crippen LogP) is 3.24. The lowest BCUT2D eigenvalue weighted by Crippen LogP contribution is -2.13. The Kier molecular flexibility index (Phi) is 6.46. The van der Waals surface area contributed by atoms with Crippen molar-refractivity contribution in [3.8, 4) is 11.5 Å². The van der Waals surface area contributed by atoms with Crippen LogP contribution in [0.1, 0.15) is 20.8 Å². The molecule has 0 fully saturated rings. The second-order valence-electron chi connectivity index (χ2n) is 5.34. The van der Waals surface area contributed by atoms with Crippen molar-refractivity contribution in [3.63, 3.8) is 0 Å². The van der Waals surface area contributed by atoms with Gasteiger partial charge in [-0.25, -0.2) is 8.42 Å². The number of hydrogen-bond acceptors (Lipinski definition) is 5. The lowest BCUT2D eigenvalue weighted by atomic mass is 10.3. The monoisotopic (exact) mass is 378 g/mol. The maximum Gasteiger partial charge on any atom is 0.261 e. The van der Waals surface area contributed by atoms with E-state index in [0.717, 1.165) is 0 Å². The zero-order valence-electron chi connectivity index (χ0n) is 14.9. The molecule has 0 bridgehead atoms. The summed E-state index contributed by atoms with van der Waals surface area (Å²) >= 11 is 0. The Hall–Kier alpha value is -2.74. The maximum atomic E-state index is 12.5. The van der Waals surface area contributed by atoms with Crippen LogP contribution in [0.2, 0.25) is 0 Å². The van der Waals surface area contributed by atoms with Gasteiger partial charge in [0.25, 0.3) is 10.0 Å². The normalized spacial score (nSPS) is 10.9. The van der Waals surface area contributed by atoms with Gasteiger partial charge >= 0.3 is 0 Å². The Balaban J connectivity index is 2.22. The van der Waals surface area contributed by atoms with Gasteiger partial charge in [0.05, 0.1) is 23.8 Å². The summed E-state index contributed by atoms with van der Waals surface area (Å²) in [6.45, 7) is 5.99. The second-order valence-corrected chi connectivity index (χ2v) is 7.02. The van der Waals surface area contributed by atoms with Crippen molar-refractivity contribution in [1.82, 2.24) is 0 Å². The molecule has 140 valence electrons. The second kappa shape index (κ2) is 8.57. The number of hydrogen-bond donors (Lipinski definition) is 2. The quantitative estimate of drug-likeness (QED) is 0.735. The number of carbonyl (C=O) groups is 1.